The molecule has 2 aromatic rings. The van der Waals surface area contributed by atoms with Gasteiger partial charge in [0.15, 0.2) is 0 Å². The minimum absolute atomic E-state index is 0.0354. The lowest BCUT2D eigenvalue weighted by molar-refractivity contribution is -0.269. The van der Waals surface area contributed by atoms with Gasteiger partial charge in [-0.25, -0.2) is 4.79 Å². The van der Waals surface area contributed by atoms with Crippen LogP contribution in [0.25, 0.3) is 5.70 Å². The highest BCUT2D eigenvalue weighted by molar-refractivity contribution is 6.34. The summed E-state index contributed by atoms with van der Waals surface area (Å²) in [6.07, 6.45) is -3.93. The molecule has 0 radical (unpaired) electrons. The summed E-state index contributed by atoms with van der Waals surface area (Å²) in [5, 5.41) is 9.15. The van der Waals surface area contributed by atoms with E-state index in [0.29, 0.717) is 11.1 Å². The van der Waals surface area contributed by atoms with Crippen LogP contribution >= 0.6 is 23.2 Å². The van der Waals surface area contributed by atoms with Crippen LogP contribution in [0.2, 0.25) is 10.0 Å². The molecule has 2 aromatic carbocycles. The summed E-state index contributed by atoms with van der Waals surface area (Å²) in [5.74, 6) is -1.12. The molecule has 0 bridgehead atoms. The number of aryl methyl sites for hydroxylation is 1. The van der Waals surface area contributed by atoms with E-state index < -0.39 is 17.7 Å². The van der Waals surface area contributed by atoms with E-state index in [1.165, 1.54) is 24.3 Å². The third kappa shape index (κ3) is 3.50. The van der Waals surface area contributed by atoms with Crippen LogP contribution in [0.15, 0.2) is 42.5 Å². The Kier molecular flexibility index (Phi) is 4.88. The van der Waals surface area contributed by atoms with E-state index in [1.54, 1.807) is 6.92 Å². The van der Waals surface area contributed by atoms with E-state index in [0.717, 1.165) is 18.2 Å². The molecule has 1 aliphatic rings. The zero-order valence-electron chi connectivity index (χ0n) is 13.7. The van der Waals surface area contributed by atoms with E-state index in [9.17, 15) is 18.0 Å². The molecule has 1 heterocycles. The van der Waals surface area contributed by atoms with Gasteiger partial charge in [0, 0.05) is 15.6 Å². The third-order valence-corrected chi connectivity index (χ3v) is 4.59. The number of aromatic carboxylic acids is 1. The maximum atomic E-state index is 13.9. The number of benzene rings is 2. The molecule has 1 unspecified atom stereocenters. The molecule has 4 nitrogen and oxygen atoms in total. The molecule has 142 valence electrons. The zero-order chi connectivity index (χ0) is 20.0. The van der Waals surface area contributed by atoms with Gasteiger partial charge in [-0.3, -0.25) is 10.3 Å². The van der Waals surface area contributed by atoms with Crippen molar-refractivity contribution in [1.82, 2.24) is 5.48 Å². The van der Waals surface area contributed by atoms with Crippen LogP contribution in [0.1, 0.15) is 27.0 Å². The van der Waals surface area contributed by atoms with Crippen molar-refractivity contribution in [3.63, 3.8) is 0 Å². The highest BCUT2D eigenvalue weighted by Gasteiger charge is 2.59. The smallest absolute Gasteiger partial charge is 0.428 e. The van der Waals surface area contributed by atoms with Crippen molar-refractivity contribution in [3.05, 3.63) is 74.8 Å². The van der Waals surface area contributed by atoms with Crippen LogP contribution in [0.5, 0.6) is 0 Å². The first-order valence-corrected chi connectivity index (χ1v) is 8.33. The molecule has 9 heteroatoms. The predicted octanol–water partition coefficient (Wildman–Crippen LogP) is 5.33. The van der Waals surface area contributed by atoms with Gasteiger partial charge in [0.1, 0.15) is 0 Å². The SMILES string of the molecule is Cc1cc(C2=CC(c3cc(Cl)cc(Cl)c3)(C(F)(F)F)ON2)ccc1C(=O)O. The summed E-state index contributed by atoms with van der Waals surface area (Å²) in [6.45, 7) is 1.55. The second kappa shape index (κ2) is 6.74. The fraction of sp³-hybridized carbons (Fsp3) is 0.167. The van der Waals surface area contributed by atoms with Crippen LogP contribution < -0.4 is 5.48 Å². The number of carboxylic acids is 1. The van der Waals surface area contributed by atoms with E-state index in [1.807, 2.05) is 0 Å². The lowest BCUT2D eigenvalue weighted by Gasteiger charge is -2.28. The summed E-state index contributed by atoms with van der Waals surface area (Å²) in [4.78, 5) is 16.1. The monoisotopic (exact) mass is 417 g/mol. The molecule has 0 aliphatic carbocycles. The number of carbonyl (C=O) groups is 1. The van der Waals surface area contributed by atoms with E-state index in [4.69, 9.17) is 33.1 Å². The predicted molar refractivity (Wildman–Crippen MR) is 94.5 cm³/mol. The maximum absolute atomic E-state index is 13.9. The molecule has 0 fully saturated rings. The van der Waals surface area contributed by atoms with Crippen LogP contribution in [0.3, 0.4) is 0 Å². The van der Waals surface area contributed by atoms with Crippen molar-refractivity contribution < 1.29 is 27.9 Å². The first kappa shape index (κ1) is 19.5. The first-order valence-electron chi connectivity index (χ1n) is 7.58. The Morgan fingerprint density at radius 1 is 1.15 bits per heavy atom. The van der Waals surface area contributed by atoms with Crippen molar-refractivity contribution in [2.75, 3.05) is 0 Å². The Morgan fingerprint density at radius 2 is 1.78 bits per heavy atom. The van der Waals surface area contributed by atoms with Crippen molar-refractivity contribution >= 4 is 34.9 Å². The Morgan fingerprint density at radius 3 is 2.30 bits per heavy atom. The number of nitrogens with one attached hydrogen (secondary N) is 1. The first-order chi connectivity index (χ1) is 12.5. The van der Waals surface area contributed by atoms with Gasteiger partial charge < -0.3 is 5.11 Å². The van der Waals surface area contributed by atoms with Crippen LogP contribution in [-0.4, -0.2) is 17.3 Å². The number of hydroxylamine groups is 1. The number of hydrogen-bond acceptors (Lipinski definition) is 3. The Bertz CT molecular complexity index is 939. The standard InChI is InChI=1S/C18H12Cl2F3NO3/c1-9-4-10(2-3-14(9)16(25)26)15-8-17(27-24-15,18(21,22)23)11-5-12(19)7-13(20)6-11/h2-8,24H,1H3,(H,25,26). The zero-order valence-corrected chi connectivity index (χ0v) is 15.2. The summed E-state index contributed by atoms with van der Waals surface area (Å²) in [7, 11) is 0. The fourth-order valence-corrected chi connectivity index (χ4v) is 3.35. The van der Waals surface area contributed by atoms with Gasteiger partial charge in [0.05, 0.1) is 11.3 Å². The molecule has 0 saturated heterocycles. The molecule has 2 N–H and O–H groups in total. The number of alkyl halides is 3. The highest BCUT2D eigenvalue weighted by Crippen LogP contribution is 2.48. The summed E-state index contributed by atoms with van der Waals surface area (Å²) in [6, 6.07) is 7.75. The molecule has 27 heavy (non-hydrogen) atoms. The topological polar surface area (TPSA) is 58.6 Å². The van der Waals surface area contributed by atoms with Crippen LogP contribution in [0, 0.1) is 6.92 Å². The van der Waals surface area contributed by atoms with Gasteiger partial charge >= 0.3 is 12.1 Å². The molecular weight excluding hydrogens is 406 g/mol. The quantitative estimate of drug-likeness (QED) is 0.707. The molecule has 0 spiro atoms. The van der Waals surface area contributed by atoms with Gasteiger partial charge in [-0.1, -0.05) is 29.3 Å². The molecule has 0 amide bonds. The second-order valence-corrected chi connectivity index (χ2v) is 6.86. The number of hydrogen-bond donors (Lipinski definition) is 2. The summed E-state index contributed by atoms with van der Waals surface area (Å²) >= 11 is 11.7. The fourth-order valence-electron chi connectivity index (χ4n) is 2.82. The van der Waals surface area contributed by atoms with Gasteiger partial charge in [-0.15, -0.1) is 0 Å². The van der Waals surface area contributed by atoms with Gasteiger partial charge in [0.2, 0.25) is 5.60 Å². The molecular formula is C18H12Cl2F3NO3. The van der Waals surface area contributed by atoms with Gasteiger partial charge in [-0.05, 0) is 54.5 Å². The average molecular weight is 418 g/mol. The largest absolute Gasteiger partial charge is 0.478 e. The molecule has 3 rings (SSSR count). The number of carboxylic acid groups (broad SMARTS) is 1. The summed E-state index contributed by atoms with van der Waals surface area (Å²) in [5.41, 5.74) is 0.0598. The van der Waals surface area contributed by atoms with E-state index in [-0.39, 0.29) is 26.9 Å². The maximum Gasteiger partial charge on any atom is 0.428 e. The lowest BCUT2D eigenvalue weighted by Crippen LogP contribution is -2.42. The van der Waals surface area contributed by atoms with Crippen molar-refractivity contribution in [3.8, 4) is 0 Å². The minimum Gasteiger partial charge on any atom is -0.478 e. The lowest BCUT2D eigenvalue weighted by atomic mass is 9.91. The molecule has 0 aromatic heterocycles. The van der Waals surface area contributed by atoms with Gasteiger partial charge in [0.25, 0.3) is 0 Å². The Hall–Kier alpha value is -2.22. The molecule has 1 atom stereocenters. The Balaban J connectivity index is 2.12. The van der Waals surface area contributed by atoms with Gasteiger partial charge in [-0.2, -0.15) is 13.2 Å². The minimum atomic E-state index is -4.81. The molecule has 1 aliphatic heterocycles. The number of halogens is 5. The van der Waals surface area contributed by atoms with Crippen LogP contribution in [0.4, 0.5) is 13.2 Å². The third-order valence-electron chi connectivity index (χ3n) is 4.15. The van der Waals surface area contributed by atoms with Crippen LogP contribution in [-0.2, 0) is 10.4 Å². The van der Waals surface area contributed by atoms with E-state index in [2.05, 4.69) is 5.48 Å². The van der Waals surface area contributed by atoms with Crippen molar-refractivity contribution in [1.29, 1.82) is 0 Å². The van der Waals surface area contributed by atoms with E-state index >= 15 is 0 Å². The second-order valence-electron chi connectivity index (χ2n) is 5.99. The Labute approximate surface area is 162 Å². The average Bonchev–Trinajstić information content (AvgIpc) is 3.00. The van der Waals surface area contributed by atoms with Crippen molar-refractivity contribution in [2.45, 2.75) is 18.7 Å². The highest BCUT2D eigenvalue weighted by atomic mass is 35.5. The normalized spacial score (nSPS) is 19.6. The van der Waals surface area contributed by atoms with Crippen molar-refractivity contribution in [2.24, 2.45) is 0 Å². The molecule has 0 saturated carbocycles. The summed E-state index contributed by atoms with van der Waals surface area (Å²) < 4.78 is 41.8. The number of rotatable bonds is 3.